The zero-order valence-corrected chi connectivity index (χ0v) is 16.6. The molecule has 0 spiro atoms. The van der Waals surface area contributed by atoms with E-state index in [1.54, 1.807) is 30.0 Å². The molecule has 0 aromatic heterocycles. The van der Waals surface area contributed by atoms with E-state index in [-0.39, 0.29) is 24.9 Å². The topological polar surface area (TPSA) is 82.2 Å². The first-order valence-electron chi connectivity index (χ1n) is 9.57. The molecule has 1 atom stereocenters. The van der Waals surface area contributed by atoms with E-state index in [1.807, 2.05) is 4.90 Å². The summed E-state index contributed by atoms with van der Waals surface area (Å²) >= 11 is 0. The molecular formula is C20H25FN4O4. The van der Waals surface area contributed by atoms with Gasteiger partial charge in [0.1, 0.15) is 11.9 Å². The van der Waals surface area contributed by atoms with Crippen molar-refractivity contribution in [3.05, 3.63) is 36.2 Å². The quantitative estimate of drug-likeness (QED) is 0.753. The van der Waals surface area contributed by atoms with Crippen LogP contribution in [0.1, 0.15) is 13.8 Å². The number of allylic oxidation sites excluding steroid dienone is 1. The number of nitrogens with zero attached hydrogens (tertiary/aromatic N) is 3. The van der Waals surface area contributed by atoms with E-state index in [2.05, 4.69) is 5.32 Å². The Hall–Kier alpha value is -3.10. The van der Waals surface area contributed by atoms with Crippen molar-refractivity contribution in [1.29, 1.82) is 0 Å². The minimum Gasteiger partial charge on any atom is -0.442 e. The second kappa shape index (κ2) is 8.93. The Morgan fingerprint density at radius 1 is 1.28 bits per heavy atom. The number of ether oxygens (including phenoxy) is 1. The van der Waals surface area contributed by atoms with Gasteiger partial charge in [0.2, 0.25) is 11.8 Å². The highest BCUT2D eigenvalue weighted by Crippen LogP contribution is 2.28. The highest BCUT2D eigenvalue weighted by molar-refractivity contribution is 5.90. The fraction of sp³-hybridized carbons (Fsp3) is 0.450. The van der Waals surface area contributed by atoms with Gasteiger partial charge >= 0.3 is 6.09 Å². The lowest BCUT2D eigenvalue weighted by Crippen LogP contribution is -2.48. The maximum atomic E-state index is 14.8. The van der Waals surface area contributed by atoms with Gasteiger partial charge in [-0.1, -0.05) is 6.08 Å². The van der Waals surface area contributed by atoms with Crippen LogP contribution in [0.2, 0.25) is 0 Å². The van der Waals surface area contributed by atoms with Gasteiger partial charge in [-0.2, -0.15) is 0 Å². The average molecular weight is 404 g/mol. The Kier molecular flexibility index (Phi) is 6.36. The summed E-state index contributed by atoms with van der Waals surface area (Å²) in [6, 6.07) is 4.63. The van der Waals surface area contributed by atoms with Gasteiger partial charge in [0.05, 0.1) is 24.5 Å². The van der Waals surface area contributed by atoms with E-state index in [0.717, 1.165) is 0 Å². The van der Waals surface area contributed by atoms with Crippen LogP contribution in [-0.2, 0) is 14.3 Å². The lowest BCUT2D eigenvalue weighted by Gasteiger charge is -2.36. The largest absolute Gasteiger partial charge is 0.442 e. The van der Waals surface area contributed by atoms with Gasteiger partial charge in [-0.3, -0.25) is 14.5 Å². The fourth-order valence-electron chi connectivity index (χ4n) is 3.43. The molecule has 1 aromatic rings. The molecule has 2 saturated heterocycles. The van der Waals surface area contributed by atoms with Crippen molar-refractivity contribution in [2.75, 3.05) is 49.1 Å². The first-order chi connectivity index (χ1) is 13.9. The molecule has 0 bridgehead atoms. The molecule has 8 nitrogen and oxygen atoms in total. The normalized spacial score (nSPS) is 19.6. The van der Waals surface area contributed by atoms with Crippen LogP contribution in [0.5, 0.6) is 0 Å². The summed E-state index contributed by atoms with van der Waals surface area (Å²) in [5.41, 5.74) is 0.845. The monoisotopic (exact) mass is 404 g/mol. The lowest BCUT2D eigenvalue weighted by molar-refractivity contribution is -0.126. The number of carbonyl (C=O) groups is 3. The number of amides is 3. The van der Waals surface area contributed by atoms with E-state index >= 15 is 0 Å². The number of nitrogens with one attached hydrogen (secondary N) is 1. The number of cyclic esters (lactones) is 1. The molecule has 1 aromatic carbocycles. The molecule has 0 saturated carbocycles. The van der Waals surface area contributed by atoms with Crippen LogP contribution < -0.4 is 15.1 Å². The van der Waals surface area contributed by atoms with Crippen LogP contribution in [0.25, 0.3) is 0 Å². The van der Waals surface area contributed by atoms with Gasteiger partial charge in [-0.15, -0.1) is 0 Å². The number of hydrogen-bond donors (Lipinski definition) is 1. The van der Waals surface area contributed by atoms with Crippen LogP contribution in [0.15, 0.2) is 30.4 Å². The zero-order valence-electron chi connectivity index (χ0n) is 16.6. The highest BCUT2D eigenvalue weighted by Gasteiger charge is 2.33. The lowest BCUT2D eigenvalue weighted by atomic mass is 10.2. The predicted molar refractivity (Wildman–Crippen MR) is 106 cm³/mol. The Morgan fingerprint density at radius 3 is 2.62 bits per heavy atom. The second-order valence-corrected chi connectivity index (χ2v) is 7.00. The van der Waals surface area contributed by atoms with Gasteiger partial charge in [0, 0.05) is 33.1 Å². The van der Waals surface area contributed by atoms with Crippen LogP contribution >= 0.6 is 0 Å². The van der Waals surface area contributed by atoms with Crippen molar-refractivity contribution in [2.24, 2.45) is 0 Å². The molecule has 0 unspecified atom stereocenters. The van der Waals surface area contributed by atoms with E-state index in [0.29, 0.717) is 37.6 Å². The number of hydrogen-bond acceptors (Lipinski definition) is 5. The van der Waals surface area contributed by atoms with Gasteiger partial charge in [0.25, 0.3) is 0 Å². The zero-order chi connectivity index (χ0) is 21.0. The van der Waals surface area contributed by atoms with Crippen LogP contribution in [0.3, 0.4) is 0 Å². The van der Waals surface area contributed by atoms with Crippen LogP contribution in [-0.4, -0.2) is 68.2 Å². The van der Waals surface area contributed by atoms with Crippen molar-refractivity contribution in [3.63, 3.8) is 0 Å². The summed E-state index contributed by atoms with van der Waals surface area (Å²) < 4.78 is 20.0. The van der Waals surface area contributed by atoms with E-state index < -0.39 is 18.0 Å². The third kappa shape index (κ3) is 4.85. The van der Waals surface area contributed by atoms with Gasteiger partial charge in [-0.25, -0.2) is 9.18 Å². The Balaban J connectivity index is 1.63. The minimum atomic E-state index is -0.566. The highest BCUT2D eigenvalue weighted by atomic mass is 19.1. The second-order valence-electron chi connectivity index (χ2n) is 7.00. The molecule has 2 aliphatic rings. The van der Waals surface area contributed by atoms with Crippen LogP contribution in [0.4, 0.5) is 20.6 Å². The number of halogens is 1. The molecule has 3 amide bonds. The molecule has 0 radical (unpaired) electrons. The Labute approximate surface area is 168 Å². The number of carbonyl (C=O) groups excluding carboxylic acids is 3. The van der Waals surface area contributed by atoms with Gasteiger partial charge in [0.15, 0.2) is 0 Å². The molecule has 1 N–H and O–H groups in total. The van der Waals surface area contributed by atoms with E-state index in [1.165, 1.54) is 24.0 Å². The molecule has 0 aliphatic carbocycles. The molecule has 9 heteroatoms. The number of anilines is 2. The molecule has 3 rings (SSSR count). The van der Waals surface area contributed by atoms with Crippen molar-refractivity contribution < 1.29 is 23.5 Å². The first kappa shape index (κ1) is 20.6. The molecular weight excluding hydrogens is 379 g/mol. The third-order valence-corrected chi connectivity index (χ3v) is 4.94. The van der Waals surface area contributed by atoms with Crippen molar-refractivity contribution >= 4 is 29.3 Å². The Bertz CT molecular complexity index is 821. The van der Waals surface area contributed by atoms with Crippen molar-refractivity contribution in [1.82, 2.24) is 10.2 Å². The maximum absolute atomic E-state index is 14.8. The van der Waals surface area contributed by atoms with Crippen LogP contribution in [0, 0.1) is 5.82 Å². The fourth-order valence-corrected chi connectivity index (χ4v) is 3.43. The van der Waals surface area contributed by atoms with E-state index in [9.17, 15) is 18.8 Å². The molecule has 2 aliphatic heterocycles. The summed E-state index contributed by atoms with van der Waals surface area (Å²) in [6.07, 6.45) is 2.19. The summed E-state index contributed by atoms with van der Waals surface area (Å²) in [6.45, 7) is 5.75. The number of piperazine rings is 1. The van der Waals surface area contributed by atoms with Crippen molar-refractivity contribution in [3.8, 4) is 0 Å². The van der Waals surface area contributed by atoms with Gasteiger partial charge in [-0.05, 0) is 31.2 Å². The molecule has 29 heavy (non-hydrogen) atoms. The third-order valence-electron chi connectivity index (χ3n) is 4.94. The maximum Gasteiger partial charge on any atom is 0.414 e. The summed E-state index contributed by atoms with van der Waals surface area (Å²) in [4.78, 5) is 40.0. The molecule has 156 valence electrons. The minimum absolute atomic E-state index is 0.0377. The number of rotatable bonds is 5. The summed E-state index contributed by atoms with van der Waals surface area (Å²) in [5, 5.41) is 2.61. The molecule has 2 heterocycles. The Morgan fingerprint density at radius 2 is 2.00 bits per heavy atom. The summed E-state index contributed by atoms with van der Waals surface area (Å²) in [5.74, 6) is -0.680. The van der Waals surface area contributed by atoms with Crippen molar-refractivity contribution in [2.45, 2.75) is 20.0 Å². The SMILES string of the molecule is C/C=C/C(=O)N1CCN(c2ccc(N3C[C@H](CNC(C)=O)OC3=O)cc2F)CC1. The molecule has 2 fully saturated rings. The first-order valence-corrected chi connectivity index (χ1v) is 9.57. The number of benzene rings is 1. The van der Waals surface area contributed by atoms with E-state index in [4.69, 9.17) is 4.74 Å². The smallest absolute Gasteiger partial charge is 0.414 e. The summed E-state index contributed by atoms with van der Waals surface area (Å²) in [7, 11) is 0. The predicted octanol–water partition coefficient (Wildman–Crippen LogP) is 1.51. The van der Waals surface area contributed by atoms with Gasteiger partial charge < -0.3 is 19.9 Å². The standard InChI is InChI=1S/C20H25FN4O4/c1-3-4-19(27)24-9-7-23(8-10-24)18-6-5-15(11-17(18)21)25-13-16(29-20(25)28)12-22-14(2)26/h3-6,11,16H,7-10,12-13H2,1-2H3,(H,22,26)/b4-3+/t16-/m0/s1. The average Bonchev–Trinajstić information content (AvgIpc) is 3.07.